The number of carbonyl (C=O) groups is 1. The van der Waals surface area contributed by atoms with Gasteiger partial charge < -0.3 is 25.9 Å². The first-order valence-electron chi connectivity index (χ1n) is 4.69. The van der Waals surface area contributed by atoms with Gasteiger partial charge >= 0.3 is 6.03 Å². The number of nitrogens with zero attached hydrogens (tertiary/aromatic N) is 2. The van der Waals surface area contributed by atoms with Crippen LogP contribution in [0.15, 0.2) is 5.16 Å². The molecule has 0 aliphatic carbocycles. The molecule has 1 rings (SSSR count). The average Bonchev–Trinajstić information content (AvgIpc) is 2.70. The van der Waals surface area contributed by atoms with Crippen molar-refractivity contribution >= 4 is 11.9 Å². The first-order chi connectivity index (χ1) is 7.13. The van der Waals surface area contributed by atoms with E-state index in [-0.39, 0.29) is 24.5 Å². The Morgan fingerprint density at radius 1 is 1.80 bits per heavy atom. The third kappa shape index (κ3) is 3.62. The van der Waals surface area contributed by atoms with Crippen molar-refractivity contribution in [1.29, 1.82) is 0 Å². The zero-order valence-corrected chi connectivity index (χ0v) is 8.64. The molecule has 1 saturated heterocycles. The smallest absolute Gasteiger partial charge is 0.317 e. The number of nitrogens with one attached hydrogen (secondary N) is 1. The van der Waals surface area contributed by atoms with E-state index in [1.54, 1.807) is 7.05 Å². The Hall–Kier alpha value is -1.50. The molecule has 1 unspecified atom stereocenters. The lowest BCUT2D eigenvalue weighted by atomic mass is 10.3. The molecule has 1 aliphatic heterocycles. The van der Waals surface area contributed by atoms with Gasteiger partial charge in [0.1, 0.15) is 0 Å². The number of oxime groups is 1. The number of likely N-dealkylation sites (N-methyl/N-ethyl adjacent to an activating group) is 1. The highest BCUT2D eigenvalue weighted by atomic mass is 16.5. The number of amidine groups is 1. The van der Waals surface area contributed by atoms with Crippen molar-refractivity contribution in [3.05, 3.63) is 0 Å². The van der Waals surface area contributed by atoms with Crippen molar-refractivity contribution in [3.8, 4) is 0 Å². The van der Waals surface area contributed by atoms with Crippen LogP contribution in [0.4, 0.5) is 4.79 Å². The molecule has 7 nitrogen and oxygen atoms in total. The van der Waals surface area contributed by atoms with Gasteiger partial charge in [0.15, 0.2) is 5.84 Å². The van der Waals surface area contributed by atoms with Gasteiger partial charge in [0.25, 0.3) is 0 Å². The maximum absolute atomic E-state index is 11.5. The zero-order chi connectivity index (χ0) is 11.3. The van der Waals surface area contributed by atoms with Crippen LogP contribution in [0.1, 0.15) is 6.42 Å². The van der Waals surface area contributed by atoms with Crippen LogP contribution in [-0.2, 0) is 4.74 Å². The molecule has 1 aliphatic rings. The van der Waals surface area contributed by atoms with E-state index in [4.69, 9.17) is 15.7 Å². The van der Waals surface area contributed by atoms with Gasteiger partial charge in [-0.15, -0.1) is 0 Å². The van der Waals surface area contributed by atoms with Gasteiger partial charge in [-0.2, -0.15) is 0 Å². The SMILES string of the molecule is CN(CC(N)=NO)C(=O)NC1CCOC1. The number of hydrogen-bond acceptors (Lipinski definition) is 4. The number of ether oxygens (including phenoxy) is 1. The molecular weight excluding hydrogens is 200 g/mol. The predicted octanol–water partition coefficient (Wildman–Crippen LogP) is -0.837. The summed E-state index contributed by atoms with van der Waals surface area (Å²) < 4.78 is 5.12. The Labute approximate surface area is 87.9 Å². The van der Waals surface area contributed by atoms with Crippen molar-refractivity contribution in [1.82, 2.24) is 10.2 Å². The monoisotopic (exact) mass is 216 g/mol. The highest BCUT2D eigenvalue weighted by Crippen LogP contribution is 2.03. The number of rotatable bonds is 3. The molecule has 1 atom stereocenters. The van der Waals surface area contributed by atoms with Crippen LogP contribution in [0.25, 0.3) is 0 Å². The summed E-state index contributed by atoms with van der Waals surface area (Å²) in [6.07, 6.45) is 0.823. The second-order valence-electron chi connectivity index (χ2n) is 3.46. The van der Waals surface area contributed by atoms with Gasteiger partial charge in [-0.3, -0.25) is 0 Å². The normalized spacial score (nSPS) is 21.4. The summed E-state index contributed by atoms with van der Waals surface area (Å²) in [4.78, 5) is 12.9. The maximum Gasteiger partial charge on any atom is 0.317 e. The van der Waals surface area contributed by atoms with Crippen molar-refractivity contribution < 1.29 is 14.7 Å². The Morgan fingerprint density at radius 3 is 3.07 bits per heavy atom. The van der Waals surface area contributed by atoms with E-state index < -0.39 is 0 Å². The maximum atomic E-state index is 11.5. The van der Waals surface area contributed by atoms with Crippen molar-refractivity contribution in [2.24, 2.45) is 10.9 Å². The minimum Gasteiger partial charge on any atom is -0.409 e. The van der Waals surface area contributed by atoms with E-state index in [1.165, 1.54) is 4.90 Å². The molecule has 15 heavy (non-hydrogen) atoms. The Bertz CT molecular complexity index is 250. The van der Waals surface area contributed by atoms with E-state index in [0.29, 0.717) is 13.2 Å². The van der Waals surface area contributed by atoms with Crippen LogP contribution >= 0.6 is 0 Å². The van der Waals surface area contributed by atoms with E-state index >= 15 is 0 Å². The molecule has 0 spiro atoms. The lowest BCUT2D eigenvalue weighted by molar-refractivity contribution is 0.183. The minimum absolute atomic E-state index is 0.00433. The molecule has 0 bridgehead atoms. The Morgan fingerprint density at radius 2 is 2.53 bits per heavy atom. The summed E-state index contributed by atoms with van der Waals surface area (Å²) in [5.74, 6) is -0.00433. The Kier molecular flexibility index (Phi) is 4.17. The van der Waals surface area contributed by atoms with Gasteiger partial charge in [0, 0.05) is 13.7 Å². The summed E-state index contributed by atoms with van der Waals surface area (Å²) >= 11 is 0. The molecular formula is C8H16N4O3. The number of nitrogens with two attached hydrogens (primary N) is 1. The summed E-state index contributed by atoms with van der Waals surface area (Å²) in [6, 6.07) is -0.190. The summed E-state index contributed by atoms with van der Waals surface area (Å²) in [7, 11) is 1.57. The van der Waals surface area contributed by atoms with Crippen LogP contribution in [0.2, 0.25) is 0 Å². The molecule has 0 aromatic carbocycles. The largest absolute Gasteiger partial charge is 0.409 e. The van der Waals surface area contributed by atoms with Crippen LogP contribution in [0.3, 0.4) is 0 Å². The molecule has 4 N–H and O–H groups in total. The summed E-state index contributed by atoms with van der Waals surface area (Å²) in [6.45, 7) is 1.31. The molecule has 7 heteroatoms. The van der Waals surface area contributed by atoms with Gasteiger partial charge in [0.05, 0.1) is 19.2 Å². The van der Waals surface area contributed by atoms with Gasteiger partial charge in [-0.1, -0.05) is 5.16 Å². The van der Waals surface area contributed by atoms with Crippen LogP contribution in [-0.4, -0.2) is 54.8 Å². The van der Waals surface area contributed by atoms with Crippen molar-refractivity contribution in [2.75, 3.05) is 26.8 Å². The lowest BCUT2D eigenvalue weighted by Crippen LogP contribution is -2.46. The minimum atomic E-state index is -0.253. The van der Waals surface area contributed by atoms with E-state index in [1.807, 2.05) is 0 Å². The molecule has 1 fully saturated rings. The van der Waals surface area contributed by atoms with Gasteiger partial charge in [-0.05, 0) is 6.42 Å². The van der Waals surface area contributed by atoms with Gasteiger partial charge in [-0.25, -0.2) is 4.79 Å². The fourth-order valence-corrected chi connectivity index (χ4v) is 1.28. The average molecular weight is 216 g/mol. The third-order valence-electron chi connectivity index (χ3n) is 2.13. The standard InChI is InChI=1S/C8H16N4O3/c1-12(4-7(9)11-14)8(13)10-6-2-3-15-5-6/h6,14H,2-5H2,1H3,(H2,9,11)(H,10,13). The number of amides is 2. The molecule has 2 amide bonds. The quantitative estimate of drug-likeness (QED) is 0.248. The first kappa shape index (κ1) is 11.6. The highest BCUT2D eigenvalue weighted by molar-refractivity contribution is 5.86. The van der Waals surface area contributed by atoms with Gasteiger partial charge in [0.2, 0.25) is 0 Å². The fourth-order valence-electron chi connectivity index (χ4n) is 1.28. The van der Waals surface area contributed by atoms with E-state index in [0.717, 1.165) is 6.42 Å². The first-order valence-corrected chi connectivity index (χ1v) is 4.69. The zero-order valence-electron chi connectivity index (χ0n) is 8.64. The Balaban J connectivity index is 2.32. The van der Waals surface area contributed by atoms with Crippen LogP contribution in [0.5, 0.6) is 0 Å². The molecule has 0 aromatic heterocycles. The summed E-state index contributed by atoms with van der Waals surface area (Å²) in [5, 5.41) is 13.9. The molecule has 0 aromatic rings. The molecule has 0 radical (unpaired) electrons. The summed E-state index contributed by atoms with van der Waals surface area (Å²) in [5.41, 5.74) is 5.27. The topological polar surface area (TPSA) is 100 Å². The van der Waals surface area contributed by atoms with E-state index in [2.05, 4.69) is 10.5 Å². The third-order valence-corrected chi connectivity index (χ3v) is 2.13. The number of hydrogen-bond donors (Lipinski definition) is 3. The van der Waals surface area contributed by atoms with Crippen molar-refractivity contribution in [3.63, 3.8) is 0 Å². The second kappa shape index (κ2) is 5.40. The molecule has 86 valence electrons. The second-order valence-corrected chi connectivity index (χ2v) is 3.46. The molecule has 1 heterocycles. The number of urea groups is 1. The van der Waals surface area contributed by atoms with Crippen LogP contribution < -0.4 is 11.1 Å². The molecule has 0 saturated carbocycles. The number of carbonyl (C=O) groups excluding carboxylic acids is 1. The van der Waals surface area contributed by atoms with E-state index in [9.17, 15) is 4.79 Å². The lowest BCUT2D eigenvalue weighted by Gasteiger charge is -2.19. The van der Waals surface area contributed by atoms with Crippen molar-refractivity contribution in [2.45, 2.75) is 12.5 Å². The highest BCUT2D eigenvalue weighted by Gasteiger charge is 2.19. The fraction of sp³-hybridized carbons (Fsp3) is 0.750. The van der Waals surface area contributed by atoms with Crippen LogP contribution in [0, 0.1) is 0 Å². The predicted molar refractivity (Wildman–Crippen MR) is 53.8 cm³/mol.